The van der Waals surface area contributed by atoms with Crippen molar-refractivity contribution in [3.63, 3.8) is 0 Å². The maximum absolute atomic E-state index is 14.0. The smallest absolute Gasteiger partial charge is 0.150 e. The Morgan fingerprint density at radius 2 is 1.97 bits per heavy atom. The molecular weight excluding hydrogens is 487 g/mol. The molecule has 198 valence electrons. The highest BCUT2D eigenvalue weighted by Crippen LogP contribution is 2.30. The van der Waals surface area contributed by atoms with Crippen molar-refractivity contribution >= 4 is 28.8 Å². The third kappa shape index (κ3) is 5.99. The number of anilines is 1. The summed E-state index contributed by atoms with van der Waals surface area (Å²) in [6.07, 6.45) is 4.89. The summed E-state index contributed by atoms with van der Waals surface area (Å²) in [4.78, 5) is 16.6. The molecule has 1 atom stereocenters. The summed E-state index contributed by atoms with van der Waals surface area (Å²) in [5.41, 5.74) is 4.70. The highest BCUT2D eigenvalue weighted by Gasteiger charge is 2.34. The Morgan fingerprint density at radius 3 is 2.59 bits per heavy atom. The number of aromatic nitrogens is 1. The van der Waals surface area contributed by atoms with Crippen molar-refractivity contribution in [2.75, 3.05) is 44.7 Å². The number of hydrogen-bond acceptors (Lipinski definition) is 5. The lowest BCUT2D eigenvalue weighted by Crippen LogP contribution is -2.58. The molecule has 1 aromatic carbocycles. The molecule has 4 rings (SSSR count). The van der Waals surface area contributed by atoms with Gasteiger partial charge in [-0.25, -0.2) is 9.37 Å². The highest BCUT2D eigenvalue weighted by molar-refractivity contribution is 6.30. The second-order valence-corrected chi connectivity index (χ2v) is 10.2. The third-order valence-electron chi connectivity index (χ3n) is 7.67. The average Bonchev–Trinajstić information content (AvgIpc) is 2.92. The van der Waals surface area contributed by atoms with Gasteiger partial charge in [0.2, 0.25) is 0 Å². The molecule has 1 aromatic heterocycles. The van der Waals surface area contributed by atoms with Crippen LogP contribution in [0.3, 0.4) is 0 Å². The van der Waals surface area contributed by atoms with Gasteiger partial charge in [0.05, 0.1) is 16.4 Å². The van der Waals surface area contributed by atoms with Crippen molar-refractivity contribution < 1.29 is 4.39 Å². The zero-order valence-electron chi connectivity index (χ0n) is 22.2. The van der Waals surface area contributed by atoms with Gasteiger partial charge in [-0.05, 0) is 56.7 Å². The number of aliphatic imine (C=N–C) groups is 1. The van der Waals surface area contributed by atoms with E-state index < -0.39 is 5.82 Å². The molecular formula is C29H38ClFN6. The Hall–Kier alpha value is -2.90. The fraction of sp³-hybridized carbons (Fsp3) is 0.448. The fourth-order valence-corrected chi connectivity index (χ4v) is 5.75. The molecule has 37 heavy (non-hydrogen) atoms. The second kappa shape index (κ2) is 12.1. The Bertz CT molecular complexity index is 1160. The van der Waals surface area contributed by atoms with Crippen molar-refractivity contribution in [1.82, 2.24) is 20.1 Å². The minimum Gasteiger partial charge on any atom is -0.371 e. The summed E-state index contributed by atoms with van der Waals surface area (Å²) in [6, 6.07) is 10.2. The van der Waals surface area contributed by atoms with Crippen LogP contribution in [0.1, 0.15) is 43.1 Å². The predicted octanol–water partition coefficient (Wildman–Crippen LogP) is 5.33. The van der Waals surface area contributed by atoms with Crippen LogP contribution in [-0.4, -0.2) is 72.5 Å². The van der Waals surface area contributed by atoms with Gasteiger partial charge in [-0.15, -0.1) is 0 Å². The summed E-state index contributed by atoms with van der Waals surface area (Å²) in [5.74, 6) is 0.322. The maximum atomic E-state index is 14.0. The standard InChI is InChI=1S/C29H38ClFN6/c1-6-23-19-36(28-11-10-27(34-20(28)3)29(32-5)33-7-2)16-17-37(23)24-12-14-35(15-13-24)21(4)22-8-9-25(30)26(31)18-22/h7-11,18,23-24H,2,4,6,12-17,19H2,1,3,5H3,(H,32,33)/t23-/m0/s1. The van der Waals surface area contributed by atoms with E-state index in [1.165, 1.54) is 11.8 Å². The first-order valence-electron chi connectivity index (χ1n) is 13.1. The van der Waals surface area contributed by atoms with Gasteiger partial charge in [-0.2, -0.15) is 0 Å². The molecule has 2 aliphatic heterocycles. The number of nitrogens with one attached hydrogen (secondary N) is 1. The molecule has 1 N–H and O–H groups in total. The molecule has 2 saturated heterocycles. The number of hydrogen-bond donors (Lipinski definition) is 1. The average molecular weight is 525 g/mol. The topological polar surface area (TPSA) is 47.0 Å². The van der Waals surface area contributed by atoms with Gasteiger partial charge in [0.25, 0.3) is 0 Å². The number of nitrogens with zero attached hydrogens (tertiary/aromatic N) is 5. The van der Waals surface area contributed by atoms with E-state index in [0.29, 0.717) is 12.1 Å². The molecule has 6 nitrogen and oxygen atoms in total. The number of piperazine rings is 1. The Labute approximate surface area is 225 Å². The van der Waals surface area contributed by atoms with Crippen LogP contribution in [0, 0.1) is 12.7 Å². The SMILES string of the molecule is C=CNC(=NC)c1ccc(N2CCN(C3CCN(C(=C)c4ccc(Cl)c(F)c4)CC3)[C@@H](CC)C2)c(C)n1. The minimum absolute atomic E-state index is 0.145. The molecule has 8 heteroatoms. The first-order valence-corrected chi connectivity index (χ1v) is 13.5. The van der Waals surface area contributed by atoms with E-state index in [-0.39, 0.29) is 5.02 Å². The molecule has 3 heterocycles. The van der Waals surface area contributed by atoms with Crippen LogP contribution in [0.2, 0.25) is 5.02 Å². The van der Waals surface area contributed by atoms with Gasteiger partial charge < -0.3 is 15.1 Å². The number of aryl methyl sites for hydroxylation is 1. The number of rotatable bonds is 7. The van der Waals surface area contributed by atoms with Crippen LogP contribution >= 0.6 is 11.6 Å². The first-order chi connectivity index (χ1) is 17.9. The second-order valence-electron chi connectivity index (χ2n) is 9.76. The number of benzene rings is 1. The lowest BCUT2D eigenvalue weighted by atomic mass is 9.97. The molecule has 0 aliphatic carbocycles. The minimum atomic E-state index is -0.397. The molecule has 2 fully saturated rings. The molecule has 0 spiro atoms. The Balaban J connectivity index is 1.37. The van der Waals surface area contributed by atoms with E-state index in [4.69, 9.17) is 16.6 Å². The van der Waals surface area contributed by atoms with Crippen molar-refractivity contribution in [2.45, 2.75) is 45.2 Å². The maximum Gasteiger partial charge on any atom is 0.150 e. The monoisotopic (exact) mass is 524 g/mol. The zero-order chi connectivity index (χ0) is 26.5. The first kappa shape index (κ1) is 27.1. The van der Waals surface area contributed by atoms with Crippen LogP contribution in [-0.2, 0) is 0 Å². The van der Waals surface area contributed by atoms with Crippen LogP contribution < -0.4 is 10.2 Å². The van der Waals surface area contributed by atoms with Gasteiger partial charge in [-0.3, -0.25) is 9.89 Å². The van der Waals surface area contributed by atoms with Gasteiger partial charge in [0, 0.05) is 63.1 Å². The summed E-state index contributed by atoms with van der Waals surface area (Å²) in [6.45, 7) is 17.2. The molecule has 0 amide bonds. The Morgan fingerprint density at radius 1 is 1.22 bits per heavy atom. The predicted molar refractivity (Wildman–Crippen MR) is 153 cm³/mol. The molecule has 2 aromatic rings. The lowest BCUT2D eigenvalue weighted by Gasteiger charge is -2.48. The van der Waals surface area contributed by atoms with Crippen molar-refractivity contribution in [2.24, 2.45) is 4.99 Å². The largest absolute Gasteiger partial charge is 0.371 e. The summed E-state index contributed by atoms with van der Waals surface area (Å²) < 4.78 is 14.0. The number of halogens is 2. The fourth-order valence-electron chi connectivity index (χ4n) is 5.63. The quantitative estimate of drug-likeness (QED) is 0.392. The molecule has 0 saturated carbocycles. The van der Waals surface area contributed by atoms with E-state index in [0.717, 1.165) is 80.5 Å². The van der Waals surface area contributed by atoms with Gasteiger partial charge >= 0.3 is 0 Å². The van der Waals surface area contributed by atoms with E-state index in [9.17, 15) is 4.39 Å². The van der Waals surface area contributed by atoms with Crippen molar-refractivity contribution in [3.05, 3.63) is 77.5 Å². The molecule has 2 aliphatic rings. The number of pyridine rings is 1. The normalized spacial score (nSPS) is 19.7. The van der Waals surface area contributed by atoms with Crippen molar-refractivity contribution in [1.29, 1.82) is 0 Å². The van der Waals surface area contributed by atoms with Crippen LogP contribution in [0.15, 0.2) is 54.7 Å². The van der Waals surface area contributed by atoms with Crippen LogP contribution in [0.5, 0.6) is 0 Å². The van der Waals surface area contributed by atoms with E-state index in [1.54, 1.807) is 19.3 Å². The van der Waals surface area contributed by atoms with Crippen LogP contribution in [0.4, 0.5) is 10.1 Å². The zero-order valence-corrected chi connectivity index (χ0v) is 22.9. The number of amidine groups is 1. The van der Waals surface area contributed by atoms with E-state index >= 15 is 0 Å². The summed E-state index contributed by atoms with van der Waals surface area (Å²) in [7, 11) is 1.75. The number of piperidine rings is 1. The van der Waals surface area contributed by atoms with Crippen molar-refractivity contribution in [3.8, 4) is 0 Å². The molecule has 0 bridgehead atoms. The Kier molecular flexibility index (Phi) is 8.87. The lowest BCUT2D eigenvalue weighted by molar-refractivity contribution is 0.0768. The molecule has 0 unspecified atom stereocenters. The number of likely N-dealkylation sites (tertiary alicyclic amines) is 1. The van der Waals surface area contributed by atoms with Gasteiger partial charge in [0.1, 0.15) is 11.5 Å². The van der Waals surface area contributed by atoms with E-state index in [2.05, 4.69) is 58.1 Å². The summed E-state index contributed by atoms with van der Waals surface area (Å²) in [5, 5.41) is 3.20. The van der Waals surface area contributed by atoms with Gasteiger partial charge in [-0.1, -0.05) is 37.7 Å². The van der Waals surface area contributed by atoms with Gasteiger partial charge in [0.15, 0.2) is 5.84 Å². The summed E-state index contributed by atoms with van der Waals surface area (Å²) >= 11 is 5.86. The third-order valence-corrected chi connectivity index (χ3v) is 7.98. The van der Waals surface area contributed by atoms with E-state index in [1.807, 2.05) is 12.1 Å². The molecule has 0 radical (unpaired) electrons. The highest BCUT2D eigenvalue weighted by atomic mass is 35.5. The van der Waals surface area contributed by atoms with Crippen LogP contribution in [0.25, 0.3) is 5.70 Å².